The maximum Gasteiger partial charge on any atom is 0.490 e. The van der Waals surface area contributed by atoms with Gasteiger partial charge in [0, 0.05) is 35.3 Å². The second-order valence-corrected chi connectivity index (χ2v) is 8.78. The number of nitrogens with zero attached hydrogens (tertiary/aromatic N) is 2. The molecule has 0 bridgehead atoms. The van der Waals surface area contributed by atoms with E-state index in [9.17, 15) is 18.0 Å². The average molecular weight is 471 g/mol. The molecule has 1 aliphatic heterocycles. The van der Waals surface area contributed by atoms with Crippen molar-refractivity contribution in [1.82, 2.24) is 20.6 Å². The number of hydrogen-bond acceptors (Lipinski definition) is 6. The van der Waals surface area contributed by atoms with Crippen LogP contribution in [0.25, 0.3) is 0 Å². The van der Waals surface area contributed by atoms with Crippen LogP contribution in [0, 0.1) is 6.92 Å². The highest BCUT2D eigenvalue weighted by atomic mass is 32.1. The van der Waals surface area contributed by atoms with Gasteiger partial charge in [0.2, 0.25) is 0 Å². The molecule has 2 aromatic rings. The number of halogens is 3. The van der Waals surface area contributed by atoms with Gasteiger partial charge in [-0.25, -0.2) is 14.8 Å². The number of aryl methyl sites for hydroxylation is 2. The Kier molecular flexibility index (Phi) is 7.83. The number of carboxylic acid groups (broad SMARTS) is 1. The Morgan fingerprint density at radius 3 is 2.66 bits per heavy atom. The van der Waals surface area contributed by atoms with Crippen molar-refractivity contribution in [2.75, 3.05) is 13.1 Å². The van der Waals surface area contributed by atoms with Crippen molar-refractivity contribution >= 4 is 23.2 Å². The second-order valence-electron chi connectivity index (χ2n) is 7.66. The van der Waals surface area contributed by atoms with Gasteiger partial charge in [0.25, 0.3) is 5.91 Å². The van der Waals surface area contributed by atoms with Gasteiger partial charge in [0.1, 0.15) is 5.82 Å². The van der Waals surface area contributed by atoms with Crippen molar-refractivity contribution in [1.29, 1.82) is 0 Å². The number of carbonyl (C=O) groups is 2. The largest absolute Gasteiger partial charge is 0.490 e. The topological polar surface area (TPSA) is 104 Å². The molecule has 0 radical (unpaired) electrons. The van der Waals surface area contributed by atoms with Crippen molar-refractivity contribution in [2.24, 2.45) is 0 Å². The number of nitrogens with one attached hydrogen (secondary N) is 2. The quantitative estimate of drug-likeness (QED) is 0.619. The van der Waals surface area contributed by atoms with Crippen LogP contribution in [0.2, 0.25) is 0 Å². The second kappa shape index (κ2) is 10.4. The molecule has 2 aliphatic rings. The zero-order valence-electron chi connectivity index (χ0n) is 17.6. The Morgan fingerprint density at radius 1 is 1.25 bits per heavy atom. The number of amides is 1. The highest BCUT2D eigenvalue weighted by Gasteiger charge is 2.38. The van der Waals surface area contributed by atoms with Gasteiger partial charge in [-0.1, -0.05) is 0 Å². The van der Waals surface area contributed by atoms with E-state index < -0.39 is 12.1 Å². The Balaban J connectivity index is 0.000000360. The molecule has 1 aliphatic carbocycles. The number of hydrogen-bond donors (Lipinski definition) is 3. The molecule has 32 heavy (non-hydrogen) atoms. The molecular weight excluding hydrogens is 445 g/mol. The Bertz CT molecular complexity index is 972. The zero-order chi connectivity index (χ0) is 23.3. The monoisotopic (exact) mass is 470 g/mol. The SMILES string of the molecule is Cc1nc(CCNC(=O)c2ccc(C3CCCN3)s2)nc2c1CCC2.O=C(O)C(F)(F)F. The van der Waals surface area contributed by atoms with Gasteiger partial charge in [-0.05, 0) is 63.3 Å². The minimum atomic E-state index is -5.08. The minimum Gasteiger partial charge on any atom is -0.475 e. The van der Waals surface area contributed by atoms with Gasteiger partial charge in [-0.15, -0.1) is 11.3 Å². The van der Waals surface area contributed by atoms with E-state index in [1.165, 1.54) is 29.0 Å². The molecule has 3 heterocycles. The summed E-state index contributed by atoms with van der Waals surface area (Å²) < 4.78 is 31.7. The molecule has 1 unspecified atom stereocenters. The Morgan fingerprint density at radius 2 is 2.00 bits per heavy atom. The fourth-order valence-electron chi connectivity index (χ4n) is 3.76. The third-order valence-electron chi connectivity index (χ3n) is 5.32. The predicted octanol–water partition coefficient (Wildman–Crippen LogP) is 3.37. The molecule has 174 valence electrons. The first-order valence-corrected chi connectivity index (χ1v) is 11.2. The van der Waals surface area contributed by atoms with Gasteiger partial charge in [-0.2, -0.15) is 13.2 Å². The molecule has 7 nitrogen and oxygen atoms in total. The van der Waals surface area contributed by atoms with E-state index in [1.54, 1.807) is 11.3 Å². The number of alkyl halides is 3. The molecule has 1 saturated heterocycles. The summed E-state index contributed by atoms with van der Waals surface area (Å²) >= 11 is 1.60. The maximum atomic E-state index is 12.4. The standard InChI is InChI=1S/C19H24N4OS.C2HF3O2/c1-12-13-4-2-5-14(13)23-18(22-12)9-11-21-19(24)17-8-7-16(25-17)15-6-3-10-20-15;3-2(4,5)1(6)7/h7-8,15,20H,2-6,9-11H2,1H3,(H,21,24);(H,6,7). The minimum absolute atomic E-state index is 0.00660. The Labute approximate surface area is 187 Å². The number of thiophene rings is 1. The number of fused-ring (bicyclic) bond motifs is 1. The van der Waals surface area contributed by atoms with Crippen molar-refractivity contribution in [3.63, 3.8) is 0 Å². The van der Waals surface area contributed by atoms with Crippen LogP contribution in [0.3, 0.4) is 0 Å². The first kappa shape index (κ1) is 24.1. The molecule has 0 spiro atoms. The van der Waals surface area contributed by atoms with E-state index in [0.717, 1.165) is 42.2 Å². The first-order chi connectivity index (χ1) is 15.1. The number of carboxylic acids is 1. The van der Waals surface area contributed by atoms with E-state index in [4.69, 9.17) is 9.90 Å². The third kappa shape index (κ3) is 6.26. The molecule has 11 heteroatoms. The lowest BCUT2D eigenvalue weighted by Gasteiger charge is -2.08. The van der Waals surface area contributed by atoms with Crippen molar-refractivity contribution in [2.45, 2.75) is 57.7 Å². The summed E-state index contributed by atoms with van der Waals surface area (Å²) in [5, 5.41) is 13.6. The predicted molar refractivity (Wildman–Crippen MR) is 113 cm³/mol. The highest BCUT2D eigenvalue weighted by molar-refractivity contribution is 7.14. The molecule has 1 fully saturated rings. The summed E-state index contributed by atoms with van der Waals surface area (Å²) in [4.78, 5) is 32.6. The maximum absolute atomic E-state index is 12.4. The van der Waals surface area contributed by atoms with Crippen LogP contribution in [-0.2, 0) is 24.1 Å². The van der Waals surface area contributed by atoms with Gasteiger partial charge in [0.15, 0.2) is 0 Å². The lowest BCUT2D eigenvalue weighted by Crippen LogP contribution is -2.25. The normalized spacial score (nSPS) is 17.4. The summed E-state index contributed by atoms with van der Waals surface area (Å²) in [6.07, 6.45) is 1.32. The fourth-order valence-corrected chi connectivity index (χ4v) is 4.79. The van der Waals surface area contributed by atoms with Gasteiger partial charge < -0.3 is 15.7 Å². The number of carbonyl (C=O) groups excluding carboxylic acids is 1. The smallest absolute Gasteiger partial charge is 0.475 e. The molecule has 1 amide bonds. The van der Waals surface area contributed by atoms with E-state index >= 15 is 0 Å². The molecule has 0 aromatic carbocycles. The van der Waals surface area contributed by atoms with E-state index in [-0.39, 0.29) is 5.91 Å². The van der Waals surface area contributed by atoms with Crippen LogP contribution < -0.4 is 10.6 Å². The van der Waals surface area contributed by atoms with Crippen LogP contribution in [0.15, 0.2) is 12.1 Å². The van der Waals surface area contributed by atoms with E-state index in [2.05, 4.69) is 33.6 Å². The lowest BCUT2D eigenvalue weighted by atomic mass is 10.2. The number of aliphatic carboxylic acids is 1. The van der Waals surface area contributed by atoms with Crippen LogP contribution in [-0.4, -0.2) is 46.2 Å². The lowest BCUT2D eigenvalue weighted by molar-refractivity contribution is -0.192. The molecule has 0 saturated carbocycles. The summed E-state index contributed by atoms with van der Waals surface area (Å²) in [6, 6.07) is 4.44. The summed E-state index contributed by atoms with van der Waals surface area (Å²) in [6.45, 7) is 3.72. The van der Waals surface area contributed by atoms with Gasteiger partial charge >= 0.3 is 12.1 Å². The first-order valence-electron chi connectivity index (χ1n) is 10.4. The van der Waals surface area contributed by atoms with Crippen LogP contribution >= 0.6 is 11.3 Å². The van der Waals surface area contributed by atoms with E-state index in [0.29, 0.717) is 19.0 Å². The van der Waals surface area contributed by atoms with Crippen LogP contribution in [0.1, 0.15) is 62.6 Å². The van der Waals surface area contributed by atoms with Crippen LogP contribution in [0.5, 0.6) is 0 Å². The molecule has 2 aromatic heterocycles. The van der Waals surface area contributed by atoms with Crippen LogP contribution in [0.4, 0.5) is 13.2 Å². The zero-order valence-corrected chi connectivity index (χ0v) is 18.4. The highest BCUT2D eigenvalue weighted by Crippen LogP contribution is 2.29. The van der Waals surface area contributed by atoms with Gasteiger partial charge in [0.05, 0.1) is 4.88 Å². The summed E-state index contributed by atoms with van der Waals surface area (Å²) in [5.41, 5.74) is 3.65. The van der Waals surface area contributed by atoms with E-state index in [1.807, 2.05) is 6.07 Å². The molecular formula is C21H25F3N4O3S. The summed E-state index contributed by atoms with van der Waals surface area (Å²) in [5.74, 6) is -1.90. The fraction of sp³-hybridized carbons (Fsp3) is 0.524. The summed E-state index contributed by atoms with van der Waals surface area (Å²) in [7, 11) is 0. The molecule has 1 atom stereocenters. The molecule has 4 rings (SSSR count). The number of rotatable bonds is 5. The van der Waals surface area contributed by atoms with Crippen molar-refractivity contribution in [3.05, 3.63) is 44.7 Å². The van der Waals surface area contributed by atoms with Crippen molar-refractivity contribution in [3.8, 4) is 0 Å². The van der Waals surface area contributed by atoms with Gasteiger partial charge in [-0.3, -0.25) is 4.79 Å². The number of aromatic nitrogens is 2. The van der Waals surface area contributed by atoms with Crippen molar-refractivity contribution < 1.29 is 27.9 Å². The molecule has 3 N–H and O–H groups in total. The third-order valence-corrected chi connectivity index (χ3v) is 6.51. The average Bonchev–Trinajstić information content (AvgIpc) is 3.47. The Hall–Kier alpha value is -2.53.